The molecule has 0 radical (unpaired) electrons. The van der Waals surface area contributed by atoms with Crippen LogP contribution in [0.25, 0.3) is 10.9 Å². The molecule has 0 bridgehead atoms. The van der Waals surface area contributed by atoms with Gasteiger partial charge in [0, 0.05) is 22.8 Å². The Morgan fingerprint density at radius 1 is 1.05 bits per heavy atom. The van der Waals surface area contributed by atoms with Gasteiger partial charge in [0.15, 0.2) is 0 Å². The topological polar surface area (TPSA) is 45.1 Å². The van der Waals surface area contributed by atoms with Crippen molar-refractivity contribution in [1.29, 1.82) is 0 Å². The van der Waals surface area contributed by atoms with E-state index in [1.54, 1.807) is 6.07 Å². The summed E-state index contributed by atoms with van der Waals surface area (Å²) in [6.07, 6.45) is 1.81. The molecule has 0 saturated heterocycles. The Hall–Kier alpha value is -2.55. The Balaban J connectivity index is 1.99. The van der Waals surface area contributed by atoms with Gasteiger partial charge in [0.05, 0.1) is 11.6 Å². The standard InChI is InChI=1S/C18H18N2O/c1-12-9-10-16(15-7-5-11-19-18(12)15)20-13(2)14-6-3-4-8-17(14)21/h3-11,13,20-21H,1-2H3. The van der Waals surface area contributed by atoms with Crippen LogP contribution in [0.15, 0.2) is 54.7 Å². The monoisotopic (exact) mass is 278 g/mol. The van der Waals surface area contributed by atoms with Crippen LogP contribution in [0.2, 0.25) is 0 Å². The zero-order valence-electron chi connectivity index (χ0n) is 12.2. The minimum absolute atomic E-state index is 0.0114. The van der Waals surface area contributed by atoms with Crippen LogP contribution in [-0.4, -0.2) is 10.1 Å². The van der Waals surface area contributed by atoms with Crippen LogP contribution in [0, 0.1) is 6.92 Å². The average molecular weight is 278 g/mol. The number of anilines is 1. The Bertz CT molecular complexity index is 783. The fraction of sp³-hybridized carbons (Fsp3) is 0.167. The van der Waals surface area contributed by atoms with E-state index in [2.05, 4.69) is 35.4 Å². The van der Waals surface area contributed by atoms with E-state index in [0.717, 1.165) is 27.7 Å². The van der Waals surface area contributed by atoms with Crippen molar-refractivity contribution in [3.8, 4) is 5.75 Å². The summed E-state index contributed by atoms with van der Waals surface area (Å²) in [7, 11) is 0. The van der Waals surface area contributed by atoms with Crippen molar-refractivity contribution >= 4 is 16.6 Å². The van der Waals surface area contributed by atoms with Crippen molar-refractivity contribution in [3.63, 3.8) is 0 Å². The highest BCUT2D eigenvalue weighted by Gasteiger charge is 2.11. The molecule has 3 nitrogen and oxygen atoms in total. The summed E-state index contributed by atoms with van der Waals surface area (Å²) in [6.45, 7) is 4.10. The third-order valence-corrected chi connectivity index (χ3v) is 3.75. The summed E-state index contributed by atoms with van der Waals surface area (Å²) < 4.78 is 0. The molecule has 1 heterocycles. The van der Waals surface area contributed by atoms with Crippen LogP contribution in [-0.2, 0) is 0 Å². The number of aryl methyl sites for hydroxylation is 1. The number of aromatic hydroxyl groups is 1. The van der Waals surface area contributed by atoms with Crippen LogP contribution in [0.5, 0.6) is 5.75 Å². The number of pyridine rings is 1. The predicted octanol–water partition coefficient (Wildman–Crippen LogP) is 4.42. The smallest absolute Gasteiger partial charge is 0.120 e. The molecule has 1 atom stereocenters. The van der Waals surface area contributed by atoms with Crippen molar-refractivity contribution in [2.45, 2.75) is 19.9 Å². The summed E-state index contributed by atoms with van der Waals surface area (Å²) in [6, 6.07) is 15.6. The van der Waals surface area contributed by atoms with Gasteiger partial charge in [0.1, 0.15) is 5.75 Å². The maximum absolute atomic E-state index is 9.96. The maximum atomic E-state index is 9.96. The van der Waals surface area contributed by atoms with Gasteiger partial charge in [0.2, 0.25) is 0 Å². The van der Waals surface area contributed by atoms with E-state index in [1.807, 2.05) is 37.4 Å². The minimum Gasteiger partial charge on any atom is -0.508 e. The number of benzene rings is 2. The number of hydrogen-bond donors (Lipinski definition) is 2. The van der Waals surface area contributed by atoms with Crippen LogP contribution in [0.4, 0.5) is 5.69 Å². The fourth-order valence-electron chi connectivity index (χ4n) is 2.60. The second-order valence-corrected chi connectivity index (χ2v) is 5.25. The summed E-state index contributed by atoms with van der Waals surface area (Å²) in [5.74, 6) is 0.312. The third-order valence-electron chi connectivity index (χ3n) is 3.75. The predicted molar refractivity (Wildman–Crippen MR) is 86.6 cm³/mol. The van der Waals surface area contributed by atoms with Crippen LogP contribution < -0.4 is 5.32 Å². The molecule has 2 aromatic carbocycles. The van der Waals surface area contributed by atoms with Gasteiger partial charge >= 0.3 is 0 Å². The molecule has 0 fully saturated rings. The van der Waals surface area contributed by atoms with E-state index in [4.69, 9.17) is 0 Å². The number of phenolic OH excluding ortho intramolecular Hbond substituents is 1. The van der Waals surface area contributed by atoms with Gasteiger partial charge in [-0.15, -0.1) is 0 Å². The summed E-state index contributed by atoms with van der Waals surface area (Å²) in [5, 5.41) is 14.5. The van der Waals surface area contributed by atoms with E-state index in [9.17, 15) is 5.11 Å². The first-order valence-electron chi connectivity index (χ1n) is 7.05. The van der Waals surface area contributed by atoms with E-state index in [-0.39, 0.29) is 6.04 Å². The van der Waals surface area contributed by atoms with Gasteiger partial charge in [-0.2, -0.15) is 0 Å². The van der Waals surface area contributed by atoms with Crippen molar-refractivity contribution in [2.24, 2.45) is 0 Å². The number of nitrogens with one attached hydrogen (secondary N) is 1. The van der Waals surface area contributed by atoms with Gasteiger partial charge in [-0.05, 0) is 43.7 Å². The average Bonchev–Trinajstić information content (AvgIpc) is 2.51. The first-order chi connectivity index (χ1) is 10.2. The molecule has 0 saturated carbocycles. The first kappa shape index (κ1) is 13.4. The second kappa shape index (κ2) is 5.44. The molecule has 3 heteroatoms. The number of hydrogen-bond acceptors (Lipinski definition) is 3. The molecule has 0 amide bonds. The Labute approximate surface area is 124 Å². The molecule has 0 aliphatic carbocycles. The van der Waals surface area contributed by atoms with Crippen LogP contribution >= 0.6 is 0 Å². The largest absolute Gasteiger partial charge is 0.508 e. The maximum Gasteiger partial charge on any atom is 0.120 e. The second-order valence-electron chi connectivity index (χ2n) is 5.25. The van der Waals surface area contributed by atoms with Gasteiger partial charge in [-0.3, -0.25) is 4.98 Å². The molecule has 0 spiro atoms. The van der Waals surface area contributed by atoms with Crippen LogP contribution in [0.3, 0.4) is 0 Å². The lowest BCUT2D eigenvalue weighted by Crippen LogP contribution is -2.07. The molecule has 0 aliphatic heterocycles. The Morgan fingerprint density at radius 3 is 2.67 bits per heavy atom. The summed E-state index contributed by atoms with van der Waals surface area (Å²) in [5.41, 5.74) is 4.08. The normalized spacial score (nSPS) is 12.3. The molecule has 1 aromatic heterocycles. The van der Waals surface area contributed by atoms with Gasteiger partial charge < -0.3 is 10.4 Å². The van der Waals surface area contributed by atoms with Crippen molar-refractivity contribution in [3.05, 3.63) is 65.9 Å². The highest BCUT2D eigenvalue weighted by atomic mass is 16.3. The lowest BCUT2D eigenvalue weighted by atomic mass is 10.0. The zero-order chi connectivity index (χ0) is 14.8. The highest BCUT2D eigenvalue weighted by molar-refractivity contribution is 5.93. The van der Waals surface area contributed by atoms with Crippen LogP contribution in [0.1, 0.15) is 24.1 Å². The Morgan fingerprint density at radius 2 is 1.86 bits per heavy atom. The number of nitrogens with zero attached hydrogens (tertiary/aromatic N) is 1. The first-order valence-corrected chi connectivity index (χ1v) is 7.05. The molecular formula is C18H18N2O. The highest BCUT2D eigenvalue weighted by Crippen LogP contribution is 2.30. The number of phenols is 1. The summed E-state index contributed by atoms with van der Waals surface area (Å²) in [4.78, 5) is 4.45. The van der Waals surface area contributed by atoms with Gasteiger partial charge in [-0.25, -0.2) is 0 Å². The molecule has 2 N–H and O–H groups in total. The lowest BCUT2D eigenvalue weighted by Gasteiger charge is -2.18. The van der Waals surface area contributed by atoms with Gasteiger partial charge in [0.25, 0.3) is 0 Å². The Kier molecular flexibility index (Phi) is 3.48. The molecule has 21 heavy (non-hydrogen) atoms. The fourth-order valence-corrected chi connectivity index (χ4v) is 2.60. The van der Waals surface area contributed by atoms with Crippen molar-refractivity contribution in [1.82, 2.24) is 4.98 Å². The molecule has 1 unspecified atom stereocenters. The molecular weight excluding hydrogens is 260 g/mol. The molecule has 3 aromatic rings. The summed E-state index contributed by atoms with van der Waals surface area (Å²) >= 11 is 0. The SMILES string of the molecule is Cc1ccc(NC(C)c2ccccc2O)c2cccnc12. The van der Waals surface area contributed by atoms with Crippen molar-refractivity contribution < 1.29 is 5.11 Å². The lowest BCUT2D eigenvalue weighted by molar-refractivity contribution is 0.465. The number of rotatable bonds is 3. The van der Waals surface area contributed by atoms with Crippen molar-refractivity contribution in [2.75, 3.05) is 5.32 Å². The van der Waals surface area contributed by atoms with E-state index >= 15 is 0 Å². The molecule has 3 rings (SSSR count). The minimum atomic E-state index is 0.0114. The number of fused-ring (bicyclic) bond motifs is 1. The van der Waals surface area contributed by atoms with E-state index < -0.39 is 0 Å². The quantitative estimate of drug-likeness (QED) is 0.745. The molecule has 106 valence electrons. The zero-order valence-corrected chi connectivity index (χ0v) is 12.2. The number of aromatic nitrogens is 1. The van der Waals surface area contributed by atoms with Gasteiger partial charge in [-0.1, -0.05) is 24.3 Å². The molecule has 0 aliphatic rings. The van der Waals surface area contributed by atoms with E-state index in [0.29, 0.717) is 5.75 Å². The van der Waals surface area contributed by atoms with E-state index in [1.165, 1.54) is 0 Å². The third kappa shape index (κ3) is 2.55. The number of para-hydroxylation sites is 1.